The monoisotopic (exact) mass is 336 g/mol. The van der Waals surface area contributed by atoms with E-state index in [0.717, 1.165) is 53.8 Å². The van der Waals surface area contributed by atoms with Crippen LogP contribution < -0.4 is 4.90 Å². The van der Waals surface area contributed by atoms with Gasteiger partial charge in [-0.3, -0.25) is 4.98 Å². The number of aromatic nitrogens is 5. The lowest BCUT2D eigenvalue weighted by Gasteiger charge is -2.22. The summed E-state index contributed by atoms with van der Waals surface area (Å²) in [6.07, 6.45) is 8.46. The maximum Gasteiger partial charge on any atom is 0.163 e. The molecule has 0 amide bonds. The smallest absolute Gasteiger partial charge is 0.163 e. The van der Waals surface area contributed by atoms with Crippen molar-refractivity contribution in [2.75, 3.05) is 18.5 Å². The second-order valence-electron chi connectivity index (χ2n) is 6.27. The van der Waals surface area contributed by atoms with Gasteiger partial charge in [-0.25, -0.2) is 15.0 Å². The Labute approximate surface area is 148 Å². The molecular formula is C19H24N6. The zero-order chi connectivity index (χ0) is 17.8. The van der Waals surface area contributed by atoms with Gasteiger partial charge in [0.2, 0.25) is 0 Å². The first-order valence-corrected chi connectivity index (χ1v) is 8.51. The van der Waals surface area contributed by atoms with Gasteiger partial charge in [0.25, 0.3) is 0 Å². The van der Waals surface area contributed by atoms with E-state index in [1.807, 2.05) is 38.4 Å². The van der Waals surface area contributed by atoms with Crippen molar-refractivity contribution in [3.8, 4) is 11.4 Å². The highest BCUT2D eigenvalue weighted by molar-refractivity contribution is 5.59. The standard InChI is InChI=1S/C19H24N6/c1-14-15(2)22-18(17-7-5-8-20-13-17)23-19(14)24(4)10-6-11-25-12-9-21-16(25)3/h5,7-9,12-13H,6,10-11H2,1-4H3. The highest BCUT2D eigenvalue weighted by Gasteiger charge is 2.13. The summed E-state index contributed by atoms with van der Waals surface area (Å²) < 4.78 is 2.17. The molecule has 0 N–H and O–H groups in total. The summed E-state index contributed by atoms with van der Waals surface area (Å²) in [6.45, 7) is 8.01. The number of aryl methyl sites for hydroxylation is 3. The molecule has 0 aromatic carbocycles. The topological polar surface area (TPSA) is 59.7 Å². The average molecular weight is 336 g/mol. The Bertz CT molecular complexity index is 840. The summed E-state index contributed by atoms with van der Waals surface area (Å²) in [6, 6.07) is 3.90. The van der Waals surface area contributed by atoms with Crippen LogP contribution in [0.1, 0.15) is 23.5 Å². The molecule has 0 spiro atoms. The highest BCUT2D eigenvalue weighted by Crippen LogP contribution is 2.23. The fraction of sp³-hybridized carbons (Fsp3) is 0.368. The Morgan fingerprint density at radius 2 is 1.96 bits per heavy atom. The third-order valence-corrected chi connectivity index (χ3v) is 4.46. The predicted molar refractivity (Wildman–Crippen MR) is 99.6 cm³/mol. The third kappa shape index (κ3) is 3.84. The van der Waals surface area contributed by atoms with Crippen molar-refractivity contribution in [1.29, 1.82) is 0 Å². The minimum atomic E-state index is 0.725. The van der Waals surface area contributed by atoms with E-state index in [1.54, 1.807) is 12.4 Å². The van der Waals surface area contributed by atoms with Gasteiger partial charge in [-0.2, -0.15) is 0 Å². The average Bonchev–Trinajstić information content (AvgIpc) is 3.03. The minimum Gasteiger partial charge on any atom is -0.359 e. The molecule has 3 rings (SSSR count). The SMILES string of the molecule is Cc1nc(-c2cccnc2)nc(N(C)CCCn2ccnc2C)c1C. The van der Waals surface area contributed by atoms with Crippen molar-refractivity contribution in [1.82, 2.24) is 24.5 Å². The van der Waals surface area contributed by atoms with Gasteiger partial charge in [0, 0.05) is 61.7 Å². The van der Waals surface area contributed by atoms with E-state index in [-0.39, 0.29) is 0 Å². The fourth-order valence-corrected chi connectivity index (χ4v) is 2.83. The van der Waals surface area contributed by atoms with Crippen molar-refractivity contribution < 1.29 is 0 Å². The van der Waals surface area contributed by atoms with Crippen LogP contribution in [0.5, 0.6) is 0 Å². The van der Waals surface area contributed by atoms with E-state index in [1.165, 1.54) is 0 Å². The minimum absolute atomic E-state index is 0.725. The second kappa shape index (κ2) is 7.42. The molecule has 130 valence electrons. The number of hydrogen-bond donors (Lipinski definition) is 0. The quantitative estimate of drug-likeness (QED) is 0.692. The lowest BCUT2D eigenvalue weighted by Crippen LogP contribution is -2.23. The van der Waals surface area contributed by atoms with Gasteiger partial charge < -0.3 is 9.47 Å². The number of imidazole rings is 1. The van der Waals surface area contributed by atoms with Crippen molar-refractivity contribution in [3.05, 3.63) is 54.0 Å². The maximum atomic E-state index is 4.79. The molecule has 0 aliphatic heterocycles. The zero-order valence-electron chi connectivity index (χ0n) is 15.3. The van der Waals surface area contributed by atoms with Crippen molar-refractivity contribution in [2.45, 2.75) is 33.7 Å². The first-order chi connectivity index (χ1) is 12.1. The van der Waals surface area contributed by atoms with Crippen LogP contribution in [0.25, 0.3) is 11.4 Å². The number of pyridine rings is 1. The molecule has 6 heteroatoms. The largest absolute Gasteiger partial charge is 0.359 e. The van der Waals surface area contributed by atoms with Crippen LogP contribution in [0.3, 0.4) is 0 Å². The molecule has 0 unspecified atom stereocenters. The Balaban J connectivity index is 1.76. The number of rotatable bonds is 6. The van der Waals surface area contributed by atoms with Crippen LogP contribution in [0, 0.1) is 20.8 Å². The molecule has 0 bridgehead atoms. The van der Waals surface area contributed by atoms with Gasteiger partial charge >= 0.3 is 0 Å². The summed E-state index contributed by atoms with van der Waals surface area (Å²) in [7, 11) is 2.09. The van der Waals surface area contributed by atoms with Crippen LogP contribution in [0.15, 0.2) is 36.9 Å². The summed E-state index contributed by atoms with van der Waals surface area (Å²) >= 11 is 0. The molecule has 6 nitrogen and oxygen atoms in total. The molecular weight excluding hydrogens is 312 g/mol. The molecule has 0 fully saturated rings. The van der Waals surface area contributed by atoms with Gasteiger partial charge in [0.1, 0.15) is 11.6 Å². The Morgan fingerprint density at radius 3 is 2.64 bits per heavy atom. The highest BCUT2D eigenvalue weighted by atomic mass is 15.2. The molecule has 0 aliphatic carbocycles. The number of nitrogens with zero attached hydrogens (tertiary/aromatic N) is 6. The molecule has 25 heavy (non-hydrogen) atoms. The van der Waals surface area contributed by atoms with Crippen molar-refractivity contribution >= 4 is 5.82 Å². The summed E-state index contributed by atoms with van der Waals surface area (Å²) in [5, 5.41) is 0. The first-order valence-electron chi connectivity index (χ1n) is 8.51. The zero-order valence-corrected chi connectivity index (χ0v) is 15.3. The summed E-state index contributed by atoms with van der Waals surface area (Å²) in [4.78, 5) is 20.1. The molecule has 3 heterocycles. The van der Waals surface area contributed by atoms with Crippen LogP contribution >= 0.6 is 0 Å². The molecule has 3 aromatic heterocycles. The third-order valence-electron chi connectivity index (χ3n) is 4.46. The first kappa shape index (κ1) is 17.1. The van der Waals surface area contributed by atoms with E-state index < -0.39 is 0 Å². The predicted octanol–water partition coefficient (Wildman–Crippen LogP) is 3.19. The Hall–Kier alpha value is -2.76. The van der Waals surface area contributed by atoms with Crippen molar-refractivity contribution in [3.63, 3.8) is 0 Å². The number of hydrogen-bond acceptors (Lipinski definition) is 5. The van der Waals surface area contributed by atoms with Gasteiger partial charge in [-0.15, -0.1) is 0 Å². The van der Waals surface area contributed by atoms with E-state index in [9.17, 15) is 0 Å². The fourth-order valence-electron chi connectivity index (χ4n) is 2.83. The summed E-state index contributed by atoms with van der Waals surface area (Å²) in [5.41, 5.74) is 3.06. The van der Waals surface area contributed by atoms with Crippen LogP contribution in [-0.4, -0.2) is 38.1 Å². The van der Waals surface area contributed by atoms with E-state index in [4.69, 9.17) is 4.98 Å². The van der Waals surface area contributed by atoms with Gasteiger partial charge in [0.05, 0.1) is 0 Å². The van der Waals surface area contributed by atoms with Gasteiger partial charge in [-0.05, 0) is 39.3 Å². The maximum absolute atomic E-state index is 4.79. The molecule has 0 atom stereocenters. The van der Waals surface area contributed by atoms with Crippen LogP contribution in [0.2, 0.25) is 0 Å². The molecule has 0 radical (unpaired) electrons. The van der Waals surface area contributed by atoms with Crippen LogP contribution in [-0.2, 0) is 6.54 Å². The molecule has 0 saturated carbocycles. The Morgan fingerprint density at radius 1 is 1.12 bits per heavy atom. The molecule has 3 aromatic rings. The van der Waals surface area contributed by atoms with E-state index >= 15 is 0 Å². The normalized spacial score (nSPS) is 10.9. The second-order valence-corrected chi connectivity index (χ2v) is 6.27. The van der Waals surface area contributed by atoms with Crippen LogP contribution in [0.4, 0.5) is 5.82 Å². The number of anilines is 1. The van der Waals surface area contributed by atoms with Crippen molar-refractivity contribution in [2.24, 2.45) is 0 Å². The summed E-state index contributed by atoms with van der Waals surface area (Å²) in [5.74, 6) is 2.76. The van der Waals surface area contributed by atoms with Gasteiger partial charge in [-0.1, -0.05) is 0 Å². The Kier molecular flexibility index (Phi) is 5.07. The molecule has 0 saturated heterocycles. The van der Waals surface area contributed by atoms with E-state index in [2.05, 4.69) is 38.4 Å². The van der Waals surface area contributed by atoms with Gasteiger partial charge in [0.15, 0.2) is 5.82 Å². The lowest BCUT2D eigenvalue weighted by atomic mass is 10.2. The van der Waals surface area contributed by atoms with E-state index in [0.29, 0.717) is 0 Å². The molecule has 0 aliphatic rings. The lowest BCUT2D eigenvalue weighted by molar-refractivity contribution is 0.620.